The lowest BCUT2D eigenvalue weighted by molar-refractivity contribution is 0.130. The van der Waals surface area contributed by atoms with Crippen molar-refractivity contribution in [3.63, 3.8) is 0 Å². The van der Waals surface area contributed by atoms with Gasteiger partial charge in [0.1, 0.15) is 0 Å². The molecular formula is C12H18N2O. The zero-order valence-corrected chi connectivity index (χ0v) is 9.19. The fourth-order valence-electron chi connectivity index (χ4n) is 2.38. The lowest BCUT2D eigenvalue weighted by atomic mass is 9.69. The smallest absolute Gasteiger partial charge is 0.0671 e. The van der Waals surface area contributed by atoms with Crippen LogP contribution in [0.2, 0.25) is 0 Å². The molecule has 1 aromatic heterocycles. The van der Waals surface area contributed by atoms with Gasteiger partial charge >= 0.3 is 0 Å². The van der Waals surface area contributed by atoms with Gasteiger partial charge in [-0.3, -0.25) is 9.97 Å². The van der Waals surface area contributed by atoms with E-state index in [4.69, 9.17) is 0 Å². The minimum Gasteiger partial charge on any atom is -0.395 e. The number of rotatable bonds is 2. The van der Waals surface area contributed by atoms with Gasteiger partial charge in [0.2, 0.25) is 0 Å². The lowest BCUT2D eigenvalue weighted by Crippen LogP contribution is -2.35. The van der Waals surface area contributed by atoms with Gasteiger partial charge in [0.05, 0.1) is 12.3 Å². The first-order chi connectivity index (χ1) is 7.27. The largest absolute Gasteiger partial charge is 0.395 e. The molecule has 1 aliphatic rings. The molecule has 2 rings (SSSR count). The first-order valence-electron chi connectivity index (χ1n) is 5.64. The average molecular weight is 206 g/mol. The highest BCUT2D eigenvalue weighted by atomic mass is 16.3. The number of aliphatic hydroxyl groups excluding tert-OH is 1. The molecule has 0 radical (unpaired) electrons. The lowest BCUT2D eigenvalue weighted by Gasteiger charge is -2.37. The van der Waals surface area contributed by atoms with Crippen LogP contribution in [0, 0.1) is 5.92 Å². The number of aromatic nitrogens is 2. The Morgan fingerprint density at radius 1 is 1.40 bits per heavy atom. The highest BCUT2D eigenvalue weighted by Gasteiger charge is 2.36. The molecule has 0 atom stereocenters. The Morgan fingerprint density at radius 2 is 2.13 bits per heavy atom. The molecule has 1 heterocycles. The minimum absolute atomic E-state index is 0.124. The van der Waals surface area contributed by atoms with Crippen LogP contribution in [-0.2, 0) is 5.41 Å². The van der Waals surface area contributed by atoms with Crippen LogP contribution in [0.15, 0.2) is 18.6 Å². The maximum atomic E-state index is 9.61. The average Bonchev–Trinajstić information content (AvgIpc) is 2.32. The molecule has 3 nitrogen and oxygen atoms in total. The zero-order valence-electron chi connectivity index (χ0n) is 9.19. The summed E-state index contributed by atoms with van der Waals surface area (Å²) >= 11 is 0. The van der Waals surface area contributed by atoms with Crippen LogP contribution in [0.1, 0.15) is 38.3 Å². The Morgan fingerprint density at radius 3 is 2.67 bits per heavy atom. The van der Waals surface area contributed by atoms with Gasteiger partial charge in [-0.2, -0.15) is 0 Å². The van der Waals surface area contributed by atoms with E-state index < -0.39 is 0 Å². The van der Waals surface area contributed by atoms with Crippen LogP contribution in [0.25, 0.3) is 0 Å². The zero-order chi connectivity index (χ0) is 10.7. The van der Waals surface area contributed by atoms with E-state index in [0.717, 1.165) is 24.5 Å². The summed E-state index contributed by atoms with van der Waals surface area (Å²) < 4.78 is 0. The predicted molar refractivity (Wildman–Crippen MR) is 58.4 cm³/mol. The van der Waals surface area contributed by atoms with Crippen LogP contribution < -0.4 is 0 Å². The van der Waals surface area contributed by atoms with Crippen molar-refractivity contribution in [2.45, 2.75) is 38.0 Å². The number of nitrogens with zero attached hydrogens (tertiary/aromatic N) is 2. The van der Waals surface area contributed by atoms with E-state index in [1.807, 2.05) is 0 Å². The molecule has 1 saturated carbocycles. The van der Waals surface area contributed by atoms with E-state index in [-0.39, 0.29) is 12.0 Å². The third-order valence-corrected chi connectivity index (χ3v) is 3.64. The van der Waals surface area contributed by atoms with Crippen molar-refractivity contribution < 1.29 is 5.11 Å². The van der Waals surface area contributed by atoms with Gasteiger partial charge in [0.25, 0.3) is 0 Å². The normalized spacial score (nSPS) is 31.5. The maximum absolute atomic E-state index is 9.61. The fourth-order valence-corrected chi connectivity index (χ4v) is 2.38. The molecule has 0 bridgehead atoms. The summed E-state index contributed by atoms with van der Waals surface area (Å²) in [5, 5.41) is 9.61. The first kappa shape index (κ1) is 10.6. The van der Waals surface area contributed by atoms with Crippen molar-refractivity contribution in [2.75, 3.05) is 6.61 Å². The molecule has 0 amide bonds. The molecule has 1 N–H and O–H groups in total. The summed E-state index contributed by atoms with van der Waals surface area (Å²) in [4.78, 5) is 8.45. The van der Waals surface area contributed by atoms with Crippen molar-refractivity contribution in [2.24, 2.45) is 5.92 Å². The molecular weight excluding hydrogens is 188 g/mol. The molecule has 0 unspecified atom stereocenters. The second-order valence-corrected chi connectivity index (χ2v) is 4.71. The van der Waals surface area contributed by atoms with Crippen molar-refractivity contribution >= 4 is 0 Å². The molecule has 3 heteroatoms. The maximum Gasteiger partial charge on any atom is 0.0671 e. The standard InChI is InChI=1S/C12H18N2O/c1-10-2-4-12(9-15,5-3-10)11-8-13-6-7-14-11/h6-8,10,15H,2-5,9H2,1H3. The van der Waals surface area contributed by atoms with E-state index in [9.17, 15) is 5.11 Å². The third kappa shape index (κ3) is 2.02. The quantitative estimate of drug-likeness (QED) is 0.804. The Balaban J connectivity index is 2.23. The SMILES string of the molecule is CC1CCC(CO)(c2cnccn2)CC1. The topological polar surface area (TPSA) is 46.0 Å². The van der Waals surface area contributed by atoms with E-state index in [0.29, 0.717) is 0 Å². The second kappa shape index (κ2) is 4.27. The summed E-state index contributed by atoms with van der Waals surface area (Å²) in [6.07, 6.45) is 9.61. The van der Waals surface area contributed by atoms with Crippen molar-refractivity contribution in [3.8, 4) is 0 Å². The summed E-state index contributed by atoms with van der Waals surface area (Å²) in [5.41, 5.74) is 0.834. The summed E-state index contributed by atoms with van der Waals surface area (Å²) in [5.74, 6) is 0.779. The molecule has 1 aromatic rings. The summed E-state index contributed by atoms with van der Waals surface area (Å²) in [7, 11) is 0. The van der Waals surface area contributed by atoms with Crippen molar-refractivity contribution in [3.05, 3.63) is 24.3 Å². The molecule has 0 spiro atoms. The van der Waals surface area contributed by atoms with Crippen molar-refractivity contribution in [1.29, 1.82) is 0 Å². The van der Waals surface area contributed by atoms with Crippen molar-refractivity contribution in [1.82, 2.24) is 9.97 Å². The van der Waals surface area contributed by atoms with Gasteiger partial charge < -0.3 is 5.11 Å². The molecule has 0 aromatic carbocycles. The van der Waals surface area contributed by atoms with E-state index in [1.54, 1.807) is 18.6 Å². The molecule has 82 valence electrons. The number of hydrogen-bond donors (Lipinski definition) is 1. The molecule has 1 fully saturated rings. The first-order valence-corrected chi connectivity index (χ1v) is 5.64. The Hall–Kier alpha value is -0.960. The number of hydrogen-bond acceptors (Lipinski definition) is 3. The second-order valence-electron chi connectivity index (χ2n) is 4.71. The summed E-state index contributed by atoms with van der Waals surface area (Å²) in [6, 6.07) is 0. The van der Waals surface area contributed by atoms with E-state index in [2.05, 4.69) is 16.9 Å². The van der Waals surface area contributed by atoms with E-state index in [1.165, 1.54) is 12.8 Å². The predicted octanol–water partition coefficient (Wildman–Crippen LogP) is 1.92. The monoisotopic (exact) mass is 206 g/mol. The van der Waals surface area contributed by atoms with Crippen LogP contribution in [0.5, 0.6) is 0 Å². The van der Waals surface area contributed by atoms with E-state index >= 15 is 0 Å². The molecule has 0 saturated heterocycles. The van der Waals surface area contributed by atoms with Crippen LogP contribution in [-0.4, -0.2) is 21.7 Å². The minimum atomic E-state index is -0.124. The van der Waals surface area contributed by atoms with Gasteiger partial charge in [-0.25, -0.2) is 0 Å². The van der Waals surface area contributed by atoms with Gasteiger partial charge in [-0.15, -0.1) is 0 Å². The highest BCUT2D eigenvalue weighted by Crippen LogP contribution is 2.39. The highest BCUT2D eigenvalue weighted by molar-refractivity contribution is 5.14. The number of aliphatic hydroxyl groups is 1. The van der Waals surface area contributed by atoms with Gasteiger partial charge in [-0.1, -0.05) is 6.92 Å². The molecule has 15 heavy (non-hydrogen) atoms. The fraction of sp³-hybridized carbons (Fsp3) is 0.667. The molecule has 1 aliphatic carbocycles. The van der Waals surface area contributed by atoms with Gasteiger partial charge in [0.15, 0.2) is 0 Å². The molecule has 0 aliphatic heterocycles. The van der Waals surface area contributed by atoms with Crippen LogP contribution in [0.4, 0.5) is 0 Å². The third-order valence-electron chi connectivity index (χ3n) is 3.64. The van der Waals surface area contributed by atoms with Gasteiger partial charge in [0, 0.05) is 24.0 Å². The van der Waals surface area contributed by atoms with Crippen LogP contribution >= 0.6 is 0 Å². The van der Waals surface area contributed by atoms with Crippen LogP contribution in [0.3, 0.4) is 0 Å². The Kier molecular flexibility index (Phi) is 3.00. The Bertz CT molecular complexity index is 305. The van der Waals surface area contributed by atoms with Gasteiger partial charge in [-0.05, 0) is 31.6 Å². The summed E-state index contributed by atoms with van der Waals surface area (Å²) in [6.45, 7) is 2.47. The Labute approximate surface area is 90.6 Å².